The number of alkyl halides is 1. The van der Waals surface area contributed by atoms with Gasteiger partial charge < -0.3 is 29.3 Å². The average molecular weight is 598 g/mol. The van der Waals surface area contributed by atoms with E-state index in [0.29, 0.717) is 24.3 Å². The molecule has 18 heteroatoms. The molecule has 1 amide bonds. The normalized spacial score (nSPS) is 34.5. The van der Waals surface area contributed by atoms with Crippen LogP contribution in [0.15, 0.2) is 15.2 Å². The Morgan fingerprint density at radius 2 is 1.62 bits per heavy atom. The fraction of sp³-hybridized carbons (Fsp3) is 0.909. The van der Waals surface area contributed by atoms with Gasteiger partial charge in [0.2, 0.25) is 12.2 Å². The van der Waals surface area contributed by atoms with Crippen LogP contribution in [0.25, 0.3) is 20.9 Å². The molecule has 3 rings (SSSR count). The number of aliphatic imine (C=N–C) groups is 1. The van der Waals surface area contributed by atoms with E-state index < -0.39 is 33.4 Å². The lowest BCUT2D eigenvalue weighted by atomic mass is 9.82. The van der Waals surface area contributed by atoms with E-state index >= 15 is 0 Å². The monoisotopic (exact) mass is 597 g/mol. The Balaban J connectivity index is 0.000000713. The van der Waals surface area contributed by atoms with Crippen molar-refractivity contribution in [2.45, 2.75) is 85.8 Å². The lowest BCUT2D eigenvalue weighted by molar-refractivity contribution is -0.202. The van der Waals surface area contributed by atoms with Crippen LogP contribution >= 0.6 is 7.82 Å². The molecule has 3 N–H and O–H groups in total. The fourth-order valence-electron chi connectivity index (χ4n) is 4.57. The van der Waals surface area contributed by atoms with Crippen LogP contribution < -0.4 is 5.32 Å². The largest absolute Gasteiger partial charge is 0.472 e. The number of amides is 1. The summed E-state index contributed by atoms with van der Waals surface area (Å²) >= 11 is 0. The maximum absolute atomic E-state index is 11.2. The highest BCUT2D eigenvalue weighted by molar-refractivity contribution is 7.46. The van der Waals surface area contributed by atoms with Crippen LogP contribution in [0.3, 0.4) is 0 Å². The summed E-state index contributed by atoms with van der Waals surface area (Å²) in [7, 11) is -5.79. The minimum atomic E-state index is -4.79. The van der Waals surface area contributed by atoms with E-state index in [4.69, 9.17) is 36.4 Å². The Morgan fingerprint density at radius 1 is 1.12 bits per heavy atom. The fourth-order valence-corrected chi connectivity index (χ4v) is 5.02. The minimum Gasteiger partial charge on any atom is -0.450 e. The Labute approximate surface area is 234 Å². The Hall–Kier alpha value is -2.48. The van der Waals surface area contributed by atoms with Crippen molar-refractivity contribution in [2.24, 2.45) is 38.9 Å². The molecule has 0 aromatic carbocycles. The molecule has 0 bridgehead atoms. The molecule has 3 aliphatic heterocycles. The van der Waals surface area contributed by atoms with E-state index in [0.717, 1.165) is 0 Å². The van der Waals surface area contributed by atoms with Crippen LogP contribution in [0.5, 0.6) is 0 Å². The predicted octanol–water partition coefficient (Wildman–Crippen LogP) is 4.24. The van der Waals surface area contributed by atoms with E-state index in [1.165, 1.54) is 6.92 Å². The van der Waals surface area contributed by atoms with Gasteiger partial charge in [-0.25, -0.2) is 9.56 Å². The van der Waals surface area contributed by atoms with Crippen LogP contribution in [0, 0.1) is 23.7 Å². The highest BCUT2D eigenvalue weighted by Crippen LogP contribution is 2.42. The summed E-state index contributed by atoms with van der Waals surface area (Å²) in [4.78, 5) is 39.0. The molecule has 0 aliphatic carbocycles. The van der Waals surface area contributed by atoms with E-state index in [1.54, 1.807) is 6.92 Å². The number of hydrogen-bond donors (Lipinski definition) is 3. The first-order valence-corrected chi connectivity index (χ1v) is 13.6. The van der Waals surface area contributed by atoms with Gasteiger partial charge in [-0.15, -0.1) is 0 Å². The third-order valence-electron chi connectivity index (χ3n) is 7.01. The van der Waals surface area contributed by atoms with Gasteiger partial charge in [-0.05, 0) is 34.7 Å². The molecular weight excluding hydrogens is 554 g/mol. The zero-order valence-electron chi connectivity index (χ0n) is 23.7. The maximum atomic E-state index is 11.2. The van der Waals surface area contributed by atoms with Gasteiger partial charge in [-0.3, -0.25) is 13.7 Å². The molecule has 2 saturated heterocycles. The summed E-state index contributed by atoms with van der Waals surface area (Å²) < 4.78 is 47.9. The summed E-state index contributed by atoms with van der Waals surface area (Å²) in [6, 6.07) is -0.634. The molecule has 3 aliphatic rings. The number of fused-ring (bicyclic) bond motifs is 1. The molecule has 0 spiro atoms. The highest BCUT2D eigenvalue weighted by Gasteiger charge is 2.46. The molecule has 0 aromatic heterocycles. The number of nitrogens with zero attached hydrogens (tertiary/aromatic N) is 7. The smallest absolute Gasteiger partial charge is 0.450 e. The number of azide groups is 2. The molecule has 10 unspecified atom stereocenters. The summed E-state index contributed by atoms with van der Waals surface area (Å²) in [5, 5.41) is 9.57. The number of carbonyl (C=O) groups is 1. The molecular formula is C22H42FN8O8P. The van der Waals surface area contributed by atoms with Gasteiger partial charge in [0.1, 0.15) is 6.04 Å². The zero-order chi connectivity index (χ0) is 30.6. The Morgan fingerprint density at radius 3 is 2.10 bits per heavy atom. The van der Waals surface area contributed by atoms with Crippen molar-refractivity contribution in [2.75, 3.05) is 20.2 Å². The SMILES string of the molecule is C.CC(=O)NC1C(OP(=O)(O)O)OC(CN=[N+]=[N-])C(C)C1C.CC1=NC2C(O1)OC(CN=[N+]=[N-])C(C)C2C.[2H]CF. The lowest BCUT2D eigenvalue weighted by Gasteiger charge is -2.44. The maximum Gasteiger partial charge on any atom is 0.472 e. The van der Waals surface area contributed by atoms with E-state index in [2.05, 4.69) is 48.7 Å². The van der Waals surface area contributed by atoms with Gasteiger partial charge in [0, 0.05) is 23.7 Å². The second kappa shape index (κ2) is 17.4. The second-order valence-corrected chi connectivity index (χ2v) is 10.6. The number of rotatable bonds is 7. The van der Waals surface area contributed by atoms with Crippen molar-refractivity contribution in [3.8, 4) is 0 Å². The number of phosphoric ester groups is 1. The second-order valence-electron chi connectivity index (χ2n) is 9.43. The lowest BCUT2D eigenvalue weighted by Crippen LogP contribution is -2.57. The van der Waals surface area contributed by atoms with Crippen molar-refractivity contribution in [3.63, 3.8) is 0 Å². The molecule has 2 fully saturated rings. The first-order chi connectivity index (χ1) is 18.7. The van der Waals surface area contributed by atoms with Gasteiger partial charge in [-0.1, -0.05) is 45.4 Å². The molecule has 10 atom stereocenters. The van der Waals surface area contributed by atoms with Crippen molar-refractivity contribution in [1.82, 2.24) is 5.32 Å². The summed E-state index contributed by atoms with van der Waals surface area (Å²) in [5.41, 5.74) is 16.7. The standard InChI is InChI=1S/C10H19N4O6P.C10H16N4O2.CH3F.CH4/c1-5-6(2)9(13-7(3)15)10(20-21(16,17)18)19-8(5)4-12-14-11;1-5-6(2)9-10(15-7(3)13-9)16-8(5)4-12-14-11;1-2;/h5-6,8-10H,4H2,1-3H3,(H,13,15)(H2,16,17,18);5-6,8-10H,4H2,1-3H3;1H3;1H4/i;;1D;. The average Bonchev–Trinajstić information content (AvgIpc) is 3.24. The van der Waals surface area contributed by atoms with Crippen LogP contribution in [0.1, 0.15) is 50.3 Å². The van der Waals surface area contributed by atoms with Crippen molar-refractivity contribution < 1.29 is 43.6 Å². The minimum absolute atomic E-state index is 0. The molecule has 40 heavy (non-hydrogen) atoms. The van der Waals surface area contributed by atoms with Crippen molar-refractivity contribution >= 4 is 19.6 Å². The molecule has 16 nitrogen and oxygen atoms in total. The van der Waals surface area contributed by atoms with Gasteiger partial charge in [0.25, 0.3) is 0 Å². The van der Waals surface area contributed by atoms with Gasteiger partial charge in [0.05, 0.1) is 39.9 Å². The number of nitrogens with one attached hydrogen (secondary N) is 1. The number of halogens is 1. The quantitative estimate of drug-likeness (QED) is 0.166. The predicted molar refractivity (Wildman–Crippen MR) is 144 cm³/mol. The van der Waals surface area contributed by atoms with Gasteiger partial charge in [0.15, 0.2) is 12.2 Å². The summed E-state index contributed by atoms with van der Waals surface area (Å²) in [6.45, 7) is 11.4. The van der Waals surface area contributed by atoms with E-state index in [-0.39, 0.29) is 50.2 Å². The number of phosphoric acid groups is 1. The van der Waals surface area contributed by atoms with Crippen molar-refractivity contribution in [1.29, 1.82) is 0 Å². The van der Waals surface area contributed by atoms with Crippen molar-refractivity contribution in [3.05, 3.63) is 20.9 Å². The summed E-state index contributed by atoms with van der Waals surface area (Å²) in [6.07, 6.45) is -2.25. The Kier molecular flexibility index (Phi) is 15.4. The topological polar surface area (TPSA) is 233 Å². The molecule has 230 valence electrons. The van der Waals surface area contributed by atoms with Crippen LogP contribution in [-0.4, -0.2) is 78.7 Å². The first kappa shape index (κ1) is 35.5. The van der Waals surface area contributed by atoms with E-state index in [9.17, 15) is 13.8 Å². The van der Waals surface area contributed by atoms with Crippen LogP contribution in [0.2, 0.25) is 0 Å². The van der Waals surface area contributed by atoms with Crippen LogP contribution in [0.4, 0.5) is 4.39 Å². The third-order valence-corrected chi connectivity index (χ3v) is 7.49. The number of hydrogen-bond acceptors (Lipinski definition) is 9. The number of ether oxygens (including phenoxy) is 3. The molecule has 0 saturated carbocycles. The summed E-state index contributed by atoms with van der Waals surface area (Å²) in [5.74, 6) is 0.691. The Bertz CT molecular complexity index is 1010. The van der Waals surface area contributed by atoms with Gasteiger partial charge >= 0.3 is 7.82 Å². The molecule has 0 radical (unpaired) electrons. The molecule has 3 heterocycles. The first-order valence-electron chi connectivity index (χ1n) is 12.8. The third kappa shape index (κ3) is 10.8. The van der Waals surface area contributed by atoms with Gasteiger partial charge in [-0.2, -0.15) is 0 Å². The molecule has 0 aromatic rings. The number of carbonyl (C=O) groups excluding carboxylic acids is 1. The van der Waals surface area contributed by atoms with Crippen LogP contribution in [-0.2, 0) is 28.1 Å². The van der Waals surface area contributed by atoms with E-state index in [1.807, 2.05) is 13.8 Å². The highest BCUT2D eigenvalue weighted by atomic mass is 31.2. The zero-order valence-corrected chi connectivity index (χ0v) is 23.6.